The van der Waals surface area contributed by atoms with E-state index in [0.717, 1.165) is 60.0 Å². The van der Waals surface area contributed by atoms with Crippen LogP contribution >= 0.6 is 0 Å². The highest BCUT2D eigenvalue weighted by Gasteiger charge is 2.25. The predicted octanol–water partition coefficient (Wildman–Crippen LogP) is 11.6. The standard InChI is InChI=1S/C48H28N4/c1-3-15-43(52-44-24-13-11-18-35(44)36-19-12-14-25-45(36)52)42(30-51)31(2)41-27-32(28-49)26-34(29-50)47(41)48-39-22-9-7-20-37(39)46(33-16-5-4-6-17-33)38-21-8-10-23-40(38)48/h1,4-27H,2H3/b42-31+,43-15+. The molecule has 0 spiro atoms. The largest absolute Gasteiger partial charge is 0.307 e. The van der Waals surface area contributed by atoms with Gasteiger partial charge in [0.05, 0.1) is 45.6 Å². The Hall–Kier alpha value is -7.63. The van der Waals surface area contributed by atoms with E-state index in [9.17, 15) is 15.8 Å². The number of nitriles is 3. The van der Waals surface area contributed by atoms with E-state index in [1.165, 1.54) is 0 Å². The molecule has 4 heteroatoms. The first-order chi connectivity index (χ1) is 25.6. The first kappa shape index (κ1) is 31.6. The van der Waals surface area contributed by atoms with Gasteiger partial charge in [0.2, 0.25) is 0 Å². The molecule has 8 rings (SSSR count). The Morgan fingerprint density at radius 1 is 0.577 bits per heavy atom. The van der Waals surface area contributed by atoms with Crippen molar-refractivity contribution in [2.75, 3.05) is 0 Å². The van der Waals surface area contributed by atoms with Gasteiger partial charge in [-0.25, -0.2) is 0 Å². The number of hydrogen-bond acceptors (Lipinski definition) is 3. The summed E-state index contributed by atoms with van der Waals surface area (Å²) in [7, 11) is 0. The molecule has 0 aliphatic rings. The highest BCUT2D eigenvalue weighted by atomic mass is 15.0. The third kappa shape index (κ3) is 4.92. The maximum Gasteiger partial charge on any atom is 0.102 e. The third-order valence-electron chi connectivity index (χ3n) is 9.82. The highest BCUT2D eigenvalue weighted by molar-refractivity contribution is 6.22. The molecule has 0 unspecified atom stereocenters. The molecule has 0 bridgehead atoms. The summed E-state index contributed by atoms with van der Waals surface area (Å²) in [5.74, 6) is 2.70. The summed E-state index contributed by atoms with van der Waals surface area (Å²) >= 11 is 0. The number of benzene rings is 7. The first-order valence-electron chi connectivity index (χ1n) is 16.8. The quantitative estimate of drug-likeness (QED) is 0.0798. The lowest BCUT2D eigenvalue weighted by atomic mass is 9.81. The lowest BCUT2D eigenvalue weighted by Crippen LogP contribution is -2.03. The average Bonchev–Trinajstić information content (AvgIpc) is 3.53. The SMILES string of the molecule is C#C/C=C(\C(C#N)=C(/C)c1cc(C#N)cc(C#N)c1-c1c2ccccc2c(-c2ccccc2)c2ccccc12)n1c2ccccc2c2ccccc21. The Balaban J connectivity index is 1.51. The van der Waals surface area contributed by atoms with E-state index in [1.807, 2.05) is 90.4 Å². The molecule has 0 atom stereocenters. The molecule has 7 aromatic carbocycles. The van der Waals surface area contributed by atoms with Crippen molar-refractivity contribution in [1.29, 1.82) is 15.8 Å². The summed E-state index contributed by atoms with van der Waals surface area (Å²) in [6, 6.07) is 53.5. The van der Waals surface area contributed by atoms with Crippen molar-refractivity contribution < 1.29 is 0 Å². The van der Waals surface area contributed by atoms with E-state index in [2.05, 4.69) is 72.7 Å². The number of fused-ring (bicyclic) bond motifs is 5. The van der Waals surface area contributed by atoms with Crippen LogP contribution in [0.1, 0.15) is 23.6 Å². The molecular formula is C48H28N4. The molecule has 240 valence electrons. The van der Waals surface area contributed by atoms with Crippen molar-refractivity contribution >= 4 is 54.6 Å². The number of para-hydroxylation sites is 2. The average molecular weight is 661 g/mol. The van der Waals surface area contributed by atoms with Crippen molar-refractivity contribution in [3.63, 3.8) is 0 Å². The second kappa shape index (κ2) is 13.0. The Labute approximate surface area is 301 Å². The third-order valence-corrected chi connectivity index (χ3v) is 9.82. The van der Waals surface area contributed by atoms with Gasteiger partial charge in [-0.3, -0.25) is 0 Å². The normalized spacial score (nSPS) is 11.9. The van der Waals surface area contributed by atoms with Crippen LogP contribution in [0.15, 0.2) is 151 Å². The van der Waals surface area contributed by atoms with Crippen LogP contribution < -0.4 is 0 Å². The number of aromatic nitrogens is 1. The van der Waals surface area contributed by atoms with Crippen LogP contribution in [-0.2, 0) is 0 Å². The molecule has 0 saturated heterocycles. The molecule has 0 saturated carbocycles. The maximum atomic E-state index is 11.1. The van der Waals surface area contributed by atoms with Crippen molar-refractivity contribution in [3.05, 3.63) is 168 Å². The Morgan fingerprint density at radius 3 is 1.58 bits per heavy atom. The van der Waals surface area contributed by atoms with Crippen molar-refractivity contribution in [2.45, 2.75) is 6.92 Å². The zero-order chi connectivity index (χ0) is 35.8. The molecular weight excluding hydrogens is 633 g/mol. The lowest BCUT2D eigenvalue weighted by Gasteiger charge is -2.22. The zero-order valence-electron chi connectivity index (χ0n) is 28.2. The summed E-state index contributed by atoms with van der Waals surface area (Å²) in [5, 5.41) is 38.1. The van der Waals surface area contributed by atoms with Gasteiger partial charge in [0.15, 0.2) is 0 Å². The summed E-state index contributed by atoms with van der Waals surface area (Å²) in [5.41, 5.74) is 8.23. The maximum absolute atomic E-state index is 11.1. The molecule has 0 amide bonds. The molecule has 0 radical (unpaired) electrons. The van der Waals surface area contributed by atoms with E-state index < -0.39 is 0 Å². The van der Waals surface area contributed by atoms with Gasteiger partial charge in [0.1, 0.15) is 6.07 Å². The Kier molecular flexibility index (Phi) is 7.91. The summed E-state index contributed by atoms with van der Waals surface area (Å²) in [6.07, 6.45) is 7.62. The van der Waals surface area contributed by atoms with Gasteiger partial charge >= 0.3 is 0 Å². The lowest BCUT2D eigenvalue weighted by molar-refractivity contribution is 1.22. The number of nitrogens with zero attached hydrogens (tertiary/aromatic N) is 4. The topological polar surface area (TPSA) is 76.3 Å². The molecule has 1 heterocycles. The van der Waals surface area contributed by atoms with E-state index in [0.29, 0.717) is 39.1 Å². The van der Waals surface area contributed by atoms with Gasteiger partial charge in [0.25, 0.3) is 0 Å². The van der Waals surface area contributed by atoms with E-state index >= 15 is 0 Å². The molecule has 52 heavy (non-hydrogen) atoms. The van der Waals surface area contributed by atoms with Gasteiger partial charge in [-0.05, 0) is 80.6 Å². The number of rotatable bonds is 5. The zero-order valence-corrected chi connectivity index (χ0v) is 28.2. The van der Waals surface area contributed by atoms with Gasteiger partial charge in [-0.2, -0.15) is 15.8 Å². The Morgan fingerprint density at radius 2 is 1.08 bits per heavy atom. The van der Waals surface area contributed by atoms with Crippen LogP contribution in [0, 0.1) is 46.3 Å². The van der Waals surface area contributed by atoms with Crippen LogP contribution in [0.2, 0.25) is 0 Å². The van der Waals surface area contributed by atoms with Crippen LogP contribution in [0.3, 0.4) is 0 Å². The molecule has 0 aliphatic carbocycles. The fraction of sp³-hybridized carbons (Fsp3) is 0.0208. The second-order valence-electron chi connectivity index (χ2n) is 12.6. The van der Waals surface area contributed by atoms with Crippen molar-refractivity contribution in [2.24, 2.45) is 0 Å². The molecule has 0 aliphatic heterocycles. The number of allylic oxidation sites excluding steroid dienone is 4. The first-order valence-corrected chi connectivity index (χ1v) is 16.8. The minimum absolute atomic E-state index is 0.320. The number of hydrogen-bond donors (Lipinski definition) is 0. The monoisotopic (exact) mass is 660 g/mol. The van der Waals surface area contributed by atoms with Gasteiger partial charge in [-0.1, -0.05) is 121 Å². The summed E-state index contributed by atoms with van der Waals surface area (Å²) in [6.45, 7) is 1.88. The van der Waals surface area contributed by atoms with Gasteiger partial charge in [-0.15, -0.1) is 6.42 Å². The number of terminal acetylenes is 1. The summed E-state index contributed by atoms with van der Waals surface area (Å²) in [4.78, 5) is 0. The fourth-order valence-electron chi connectivity index (χ4n) is 7.65. The van der Waals surface area contributed by atoms with Gasteiger partial charge < -0.3 is 4.57 Å². The van der Waals surface area contributed by atoms with E-state index in [-0.39, 0.29) is 0 Å². The fourth-order valence-corrected chi connectivity index (χ4v) is 7.65. The smallest absolute Gasteiger partial charge is 0.102 e. The van der Waals surface area contributed by atoms with Crippen LogP contribution in [0.25, 0.3) is 76.9 Å². The van der Waals surface area contributed by atoms with E-state index in [4.69, 9.17) is 6.42 Å². The molecule has 0 fully saturated rings. The van der Waals surface area contributed by atoms with E-state index in [1.54, 1.807) is 18.2 Å². The van der Waals surface area contributed by atoms with Crippen LogP contribution in [0.5, 0.6) is 0 Å². The van der Waals surface area contributed by atoms with Crippen LogP contribution in [-0.4, -0.2) is 4.57 Å². The predicted molar refractivity (Wildman–Crippen MR) is 213 cm³/mol. The minimum atomic E-state index is 0.320. The molecule has 8 aromatic rings. The second-order valence-corrected chi connectivity index (χ2v) is 12.6. The summed E-state index contributed by atoms with van der Waals surface area (Å²) < 4.78 is 2.03. The molecule has 4 nitrogen and oxygen atoms in total. The Bertz CT molecular complexity index is 2890. The van der Waals surface area contributed by atoms with Gasteiger partial charge in [0, 0.05) is 22.4 Å². The highest BCUT2D eigenvalue weighted by Crippen LogP contribution is 2.47. The molecule has 0 N–H and O–H groups in total. The minimum Gasteiger partial charge on any atom is -0.307 e. The van der Waals surface area contributed by atoms with Crippen LogP contribution in [0.4, 0.5) is 0 Å². The molecule has 1 aromatic heterocycles. The van der Waals surface area contributed by atoms with Crippen molar-refractivity contribution in [1.82, 2.24) is 4.57 Å². The van der Waals surface area contributed by atoms with Crippen molar-refractivity contribution in [3.8, 4) is 52.8 Å².